The SMILES string of the molecule is C=C(C)C(=O)PC1(OCCCCCCC)C=CC(OCCCCCCC)C(OCCCCCCC)(OCCCCCCC)C1(OCCCCCCC)OCCCCCCC. The molecule has 354 valence electrons. The van der Waals surface area contributed by atoms with Gasteiger partial charge in [-0.05, 0) is 65.7 Å². The third-order valence-electron chi connectivity index (χ3n) is 11.9. The number of rotatable bonds is 45. The quantitative estimate of drug-likeness (QED) is 0.0198. The number of carbonyl (C=O) groups is 1. The molecule has 0 aliphatic heterocycles. The first-order valence-corrected chi connectivity index (χ1v) is 26.8. The van der Waals surface area contributed by atoms with Crippen molar-refractivity contribution in [1.29, 1.82) is 0 Å². The maximum absolute atomic E-state index is 14.3. The first kappa shape index (κ1) is 57.4. The largest absolute Gasteiger partial charge is 0.368 e. The Morgan fingerprint density at radius 1 is 0.467 bits per heavy atom. The van der Waals surface area contributed by atoms with Crippen molar-refractivity contribution in [3.8, 4) is 0 Å². The summed E-state index contributed by atoms with van der Waals surface area (Å²) in [5, 5.41) is -1.31. The van der Waals surface area contributed by atoms with Crippen LogP contribution in [0.3, 0.4) is 0 Å². The lowest BCUT2D eigenvalue weighted by atomic mass is 9.85. The van der Waals surface area contributed by atoms with Crippen LogP contribution in [0.2, 0.25) is 0 Å². The van der Waals surface area contributed by atoms with Gasteiger partial charge < -0.3 is 28.4 Å². The van der Waals surface area contributed by atoms with Gasteiger partial charge in [-0.3, -0.25) is 4.79 Å². The minimum Gasteiger partial charge on any atom is -0.368 e. The van der Waals surface area contributed by atoms with Crippen molar-refractivity contribution >= 4 is 14.1 Å². The van der Waals surface area contributed by atoms with Crippen molar-refractivity contribution in [1.82, 2.24) is 0 Å². The zero-order chi connectivity index (χ0) is 44.1. The topological polar surface area (TPSA) is 72.5 Å². The van der Waals surface area contributed by atoms with Crippen molar-refractivity contribution in [2.24, 2.45) is 0 Å². The highest BCUT2D eigenvalue weighted by Crippen LogP contribution is 2.58. The predicted octanol–water partition coefficient (Wildman–Crippen LogP) is 15.7. The third kappa shape index (κ3) is 21.8. The molecule has 0 aromatic carbocycles. The monoisotopic (exact) mass is 867 g/mol. The molecule has 0 aromatic rings. The minimum atomic E-state index is -1.61. The van der Waals surface area contributed by atoms with E-state index in [0.29, 0.717) is 45.2 Å². The molecule has 7 nitrogen and oxygen atoms in total. The molecule has 0 heterocycles. The highest BCUT2D eigenvalue weighted by molar-refractivity contribution is 7.60. The molecule has 0 saturated heterocycles. The Morgan fingerprint density at radius 2 is 0.783 bits per heavy atom. The smallest absolute Gasteiger partial charge is 0.265 e. The Morgan fingerprint density at radius 3 is 1.13 bits per heavy atom. The first-order valence-electron chi connectivity index (χ1n) is 25.8. The lowest BCUT2D eigenvalue weighted by molar-refractivity contribution is -0.457. The molecule has 0 bridgehead atoms. The van der Waals surface area contributed by atoms with Gasteiger partial charge in [-0.15, -0.1) is 0 Å². The standard InChI is InChI=1S/C52H99O7P/c1-9-15-21-27-33-41-54-48-39-40-50(60-49(53)47(7)8,55-42-34-28-22-16-10-2)52(58-45-37-31-25-19-13-5,59-46-38-32-26-20-14-6)51(48,56-43-35-29-23-17-11-3)57-44-36-30-24-18-12-4/h39-40,48,60H,7,9-38,41-46H2,1-6,8H3. The van der Waals surface area contributed by atoms with E-state index in [0.717, 1.165) is 109 Å². The number of carbonyl (C=O) groups excluding carboxylic acids is 1. The number of hydrogen-bond acceptors (Lipinski definition) is 7. The molecule has 8 heteroatoms. The minimum absolute atomic E-state index is 0.0450. The number of unbranched alkanes of at least 4 members (excludes halogenated alkanes) is 24. The summed E-state index contributed by atoms with van der Waals surface area (Å²) in [6, 6.07) is 0. The second-order valence-electron chi connectivity index (χ2n) is 17.6. The maximum Gasteiger partial charge on any atom is 0.265 e. The molecule has 1 rings (SSSR count). The second-order valence-corrected chi connectivity index (χ2v) is 19.1. The molecular weight excluding hydrogens is 768 g/mol. The summed E-state index contributed by atoms with van der Waals surface area (Å²) in [6.45, 7) is 22.3. The van der Waals surface area contributed by atoms with Crippen LogP contribution in [-0.4, -0.2) is 68.2 Å². The molecule has 60 heavy (non-hydrogen) atoms. The molecule has 0 radical (unpaired) electrons. The van der Waals surface area contributed by atoms with Gasteiger partial charge in [-0.1, -0.05) is 208 Å². The van der Waals surface area contributed by atoms with E-state index in [4.69, 9.17) is 28.4 Å². The molecule has 0 aromatic heterocycles. The number of allylic oxidation sites excluding steroid dienone is 1. The Balaban J connectivity index is 4.13. The van der Waals surface area contributed by atoms with Gasteiger partial charge in [-0.2, -0.15) is 0 Å². The Bertz CT molecular complexity index is 1020. The average molecular weight is 867 g/mol. The van der Waals surface area contributed by atoms with Gasteiger partial charge in [0.1, 0.15) is 6.10 Å². The highest BCUT2D eigenvalue weighted by atomic mass is 31.1. The Kier molecular flexibility index (Phi) is 36.0. The summed E-state index contributed by atoms with van der Waals surface area (Å²) in [5.74, 6) is -3.13. The zero-order valence-corrected chi connectivity index (χ0v) is 41.8. The van der Waals surface area contributed by atoms with Crippen LogP contribution >= 0.6 is 8.58 Å². The van der Waals surface area contributed by atoms with E-state index in [1.807, 2.05) is 6.92 Å². The van der Waals surface area contributed by atoms with Crippen LogP contribution in [0.4, 0.5) is 0 Å². The van der Waals surface area contributed by atoms with Crippen molar-refractivity contribution in [2.45, 2.75) is 264 Å². The van der Waals surface area contributed by atoms with Crippen LogP contribution in [0, 0.1) is 0 Å². The van der Waals surface area contributed by atoms with Crippen LogP contribution in [0.1, 0.15) is 241 Å². The third-order valence-corrected chi connectivity index (χ3v) is 13.5. The van der Waals surface area contributed by atoms with Crippen LogP contribution in [0.15, 0.2) is 24.3 Å². The van der Waals surface area contributed by atoms with Crippen LogP contribution in [0.25, 0.3) is 0 Å². The molecule has 1 aliphatic carbocycles. The van der Waals surface area contributed by atoms with Crippen LogP contribution in [-0.2, 0) is 33.2 Å². The summed E-state index contributed by atoms with van der Waals surface area (Å²) in [5.41, 5.74) is 0.460. The highest BCUT2D eigenvalue weighted by Gasteiger charge is 2.74. The Labute approximate surface area is 374 Å². The van der Waals surface area contributed by atoms with E-state index in [-0.39, 0.29) is 14.1 Å². The second kappa shape index (κ2) is 37.7. The van der Waals surface area contributed by atoms with Gasteiger partial charge >= 0.3 is 0 Å². The molecule has 0 spiro atoms. The molecule has 0 N–H and O–H groups in total. The predicted molar refractivity (Wildman–Crippen MR) is 258 cm³/mol. The van der Waals surface area contributed by atoms with E-state index < -0.39 is 23.0 Å². The molecule has 3 unspecified atom stereocenters. The van der Waals surface area contributed by atoms with Gasteiger partial charge in [0, 0.05) is 13.2 Å². The summed E-state index contributed by atoms with van der Waals surface area (Å²) in [6.07, 6.45) is 36.6. The molecule has 1 aliphatic rings. The van der Waals surface area contributed by atoms with E-state index >= 15 is 0 Å². The number of ether oxygens (including phenoxy) is 6. The van der Waals surface area contributed by atoms with Crippen molar-refractivity contribution in [2.75, 3.05) is 39.6 Å². The normalized spacial score (nSPS) is 18.6. The van der Waals surface area contributed by atoms with Crippen molar-refractivity contribution < 1.29 is 33.2 Å². The summed E-state index contributed by atoms with van der Waals surface area (Å²) >= 11 is 0. The lowest BCUT2D eigenvalue weighted by Gasteiger charge is -2.59. The van der Waals surface area contributed by atoms with Gasteiger partial charge in [0.25, 0.3) is 11.6 Å². The molecule has 0 saturated carbocycles. The lowest BCUT2D eigenvalue weighted by Crippen LogP contribution is -2.77. The summed E-state index contributed by atoms with van der Waals surface area (Å²) in [4.78, 5) is 14.3. The first-order chi connectivity index (χ1) is 29.3. The van der Waals surface area contributed by atoms with Gasteiger partial charge in [0.2, 0.25) is 0 Å². The van der Waals surface area contributed by atoms with Gasteiger partial charge in [-0.25, -0.2) is 0 Å². The maximum atomic E-state index is 14.3. The van der Waals surface area contributed by atoms with E-state index in [1.165, 1.54) is 83.5 Å². The zero-order valence-electron chi connectivity index (χ0n) is 40.8. The van der Waals surface area contributed by atoms with E-state index in [9.17, 15) is 4.79 Å². The molecular formula is C52H99O7P. The fraction of sp³-hybridized carbons (Fsp3) is 0.904. The van der Waals surface area contributed by atoms with Gasteiger partial charge in [0.05, 0.1) is 26.4 Å². The van der Waals surface area contributed by atoms with Crippen LogP contribution in [0.5, 0.6) is 0 Å². The van der Waals surface area contributed by atoms with Crippen molar-refractivity contribution in [3.63, 3.8) is 0 Å². The fourth-order valence-electron chi connectivity index (χ4n) is 8.06. The van der Waals surface area contributed by atoms with E-state index in [1.54, 1.807) is 0 Å². The molecule has 0 fully saturated rings. The average Bonchev–Trinajstić information content (AvgIpc) is 3.24. The number of hydrogen-bond donors (Lipinski definition) is 0. The molecule has 3 atom stereocenters. The van der Waals surface area contributed by atoms with Crippen molar-refractivity contribution in [3.05, 3.63) is 24.3 Å². The van der Waals surface area contributed by atoms with Gasteiger partial charge in [0.15, 0.2) is 10.9 Å². The molecule has 0 amide bonds. The summed E-state index contributed by atoms with van der Waals surface area (Å²) < 4.78 is 44.0. The van der Waals surface area contributed by atoms with E-state index in [2.05, 4.69) is 60.3 Å². The Hall–Kier alpha value is -0.660. The summed E-state index contributed by atoms with van der Waals surface area (Å²) in [7, 11) is -0.350. The fourth-order valence-corrected chi connectivity index (χ4v) is 9.45. The van der Waals surface area contributed by atoms with Crippen LogP contribution < -0.4 is 0 Å².